The molecule has 0 unspecified atom stereocenters. The van der Waals surface area contributed by atoms with Crippen molar-refractivity contribution in [2.45, 2.75) is 26.3 Å². The fourth-order valence-corrected chi connectivity index (χ4v) is 3.82. The molecule has 4 nitrogen and oxygen atoms in total. The molecule has 0 amide bonds. The molecule has 2 N–H and O–H groups in total. The Morgan fingerprint density at radius 2 is 2.08 bits per heavy atom. The summed E-state index contributed by atoms with van der Waals surface area (Å²) in [5, 5.41) is 21.4. The van der Waals surface area contributed by atoms with Crippen molar-refractivity contribution in [2.24, 2.45) is 0 Å². The number of phenols is 1. The number of thiophene rings is 1. The summed E-state index contributed by atoms with van der Waals surface area (Å²) >= 11 is 6.99. The van der Waals surface area contributed by atoms with E-state index in [2.05, 4.69) is 0 Å². The topological polar surface area (TPSA) is 62.5 Å². The van der Waals surface area contributed by atoms with E-state index >= 15 is 0 Å². The minimum Gasteiger partial charge on any atom is -0.506 e. The summed E-state index contributed by atoms with van der Waals surface area (Å²) in [4.78, 5) is 11.2. The molecule has 0 aliphatic heterocycles. The number of carboxylic acids is 1. The number of benzene rings is 1. The van der Waals surface area contributed by atoms with Crippen LogP contribution >= 0.6 is 22.9 Å². The van der Waals surface area contributed by atoms with Crippen LogP contribution in [0.25, 0.3) is 10.9 Å². The quantitative estimate of drug-likeness (QED) is 0.650. The fourth-order valence-electron chi connectivity index (χ4n) is 2.91. The number of carboxylic acid groups (broad SMARTS) is 1. The Balaban J connectivity index is 2.14. The van der Waals surface area contributed by atoms with E-state index in [1.807, 2.05) is 4.57 Å². The summed E-state index contributed by atoms with van der Waals surface area (Å²) in [6.45, 7) is 2.08. The number of fused-ring (bicyclic) bond motifs is 1. The third-order valence-corrected chi connectivity index (χ3v) is 5.37. The van der Waals surface area contributed by atoms with Crippen molar-refractivity contribution in [3.63, 3.8) is 0 Å². The van der Waals surface area contributed by atoms with Crippen molar-refractivity contribution in [2.75, 3.05) is 0 Å². The van der Waals surface area contributed by atoms with E-state index < -0.39 is 12.4 Å². The zero-order chi connectivity index (χ0) is 18.3. The molecule has 2 aromatic heterocycles. The van der Waals surface area contributed by atoms with E-state index in [1.54, 1.807) is 18.4 Å². The highest BCUT2D eigenvalue weighted by Crippen LogP contribution is 2.35. The molecule has 8 heteroatoms. The van der Waals surface area contributed by atoms with Gasteiger partial charge >= 0.3 is 5.97 Å². The summed E-state index contributed by atoms with van der Waals surface area (Å²) in [7, 11) is 0. The van der Waals surface area contributed by atoms with Crippen LogP contribution in [0, 0.1) is 6.92 Å². The molecule has 0 saturated carbocycles. The molecule has 0 bridgehead atoms. The maximum atomic E-state index is 12.8. The number of hydrogen-bond acceptors (Lipinski definition) is 3. The number of aliphatic carboxylic acids is 1. The Kier molecular flexibility index (Phi) is 4.71. The molecule has 0 spiro atoms. The Morgan fingerprint density at radius 1 is 1.36 bits per heavy atom. The van der Waals surface area contributed by atoms with E-state index in [0.717, 1.165) is 11.3 Å². The number of aromatic nitrogens is 1. The van der Waals surface area contributed by atoms with Crippen molar-refractivity contribution in [3.05, 3.63) is 50.3 Å². The lowest BCUT2D eigenvalue weighted by atomic mass is 10.1. The van der Waals surface area contributed by atoms with Crippen LogP contribution in [0.15, 0.2) is 23.6 Å². The minimum atomic E-state index is -2.52. The molecule has 0 aliphatic carbocycles. The fraction of sp³-hybridized carbons (Fsp3) is 0.235. The minimum absolute atomic E-state index is 0.00875. The molecule has 3 aromatic rings. The van der Waals surface area contributed by atoms with Crippen LogP contribution in [0.1, 0.15) is 28.1 Å². The molecule has 3 rings (SSSR count). The number of nitrogens with zero attached hydrogens (tertiary/aromatic N) is 1. The smallest absolute Gasteiger partial charge is 0.307 e. The standard InChI is InChI=1S/C17H14ClF2NO3S/c1-8-10(4-16(23)24)11-3-14(22)12(18)5-13(11)21(8)6-9-2-15(17(19)20)25-7-9/h2-3,5,7,17,22H,4,6H2,1H3,(H,23,24). The first kappa shape index (κ1) is 17.7. The largest absolute Gasteiger partial charge is 0.506 e. The predicted octanol–water partition coefficient (Wildman–Crippen LogP) is 4.98. The van der Waals surface area contributed by atoms with Gasteiger partial charge in [-0.3, -0.25) is 4.79 Å². The molecule has 0 atom stereocenters. The van der Waals surface area contributed by atoms with Crippen molar-refractivity contribution < 1.29 is 23.8 Å². The van der Waals surface area contributed by atoms with Crippen LogP contribution in [0.4, 0.5) is 8.78 Å². The van der Waals surface area contributed by atoms with Gasteiger partial charge in [-0.1, -0.05) is 11.6 Å². The molecule has 0 radical (unpaired) electrons. The highest BCUT2D eigenvalue weighted by atomic mass is 35.5. The van der Waals surface area contributed by atoms with E-state index in [0.29, 0.717) is 34.3 Å². The molecule has 1 aromatic carbocycles. The second kappa shape index (κ2) is 6.65. The Morgan fingerprint density at radius 3 is 2.68 bits per heavy atom. The average Bonchev–Trinajstić information content (AvgIpc) is 3.08. The molecule has 132 valence electrons. The van der Waals surface area contributed by atoms with E-state index in [9.17, 15) is 18.7 Å². The lowest BCUT2D eigenvalue weighted by Crippen LogP contribution is -2.04. The number of carbonyl (C=O) groups is 1. The lowest BCUT2D eigenvalue weighted by Gasteiger charge is -2.08. The van der Waals surface area contributed by atoms with Gasteiger partial charge in [0.1, 0.15) is 5.75 Å². The summed E-state index contributed by atoms with van der Waals surface area (Å²) in [6, 6.07) is 4.45. The molecule has 0 fully saturated rings. The number of halogens is 3. The van der Waals surface area contributed by atoms with Gasteiger partial charge in [0.05, 0.1) is 21.8 Å². The second-order valence-corrected chi connectivity index (χ2v) is 7.05. The monoisotopic (exact) mass is 385 g/mol. The van der Waals surface area contributed by atoms with Crippen LogP contribution in [0.3, 0.4) is 0 Å². The molecule has 0 saturated heterocycles. The second-order valence-electron chi connectivity index (χ2n) is 5.70. The van der Waals surface area contributed by atoms with Gasteiger partial charge in [0.25, 0.3) is 6.43 Å². The van der Waals surface area contributed by atoms with E-state index in [-0.39, 0.29) is 22.1 Å². The summed E-state index contributed by atoms with van der Waals surface area (Å²) in [5.74, 6) is -1.12. The Bertz CT molecular complexity index is 965. The maximum absolute atomic E-state index is 12.8. The van der Waals surface area contributed by atoms with E-state index in [1.165, 1.54) is 12.1 Å². The molecule has 25 heavy (non-hydrogen) atoms. The van der Waals surface area contributed by atoms with Crippen LogP contribution < -0.4 is 0 Å². The summed E-state index contributed by atoms with van der Waals surface area (Å²) < 4.78 is 27.4. The molecule has 2 heterocycles. The SMILES string of the molecule is Cc1c(CC(=O)O)c2cc(O)c(Cl)cc2n1Cc1csc(C(F)F)c1. The highest BCUT2D eigenvalue weighted by molar-refractivity contribution is 7.10. The summed E-state index contributed by atoms with van der Waals surface area (Å²) in [5.41, 5.74) is 2.62. The molecular formula is C17H14ClF2NO3S. The predicted molar refractivity (Wildman–Crippen MR) is 93.1 cm³/mol. The van der Waals surface area contributed by atoms with Gasteiger partial charge < -0.3 is 14.8 Å². The maximum Gasteiger partial charge on any atom is 0.307 e. The number of phenolic OH excluding ortho intramolecular Hbond substituents is 1. The van der Waals surface area contributed by atoms with E-state index in [4.69, 9.17) is 16.7 Å². The lowest BCUT2D eigenvalue weighted by molar-refractivity contribution is -0.136. The number of alkyl halides is 2. The highest BCUT2D eigenvalue weighted by Gasteiger charge is 2.19. The number of hydrogen-bond donors (Lipinski definition) is 2. The van der Waals surface area contributed by atoms with Crippen LogP contribution in [0.2, 0.25) is 5.02 Å². The summed E-state index contributed by atoms with van der Waals surface area (Å²) in [6.07, 6.45) is -2.72. The van der Waals surface area contributed by atoms with Gasteiger partial charge in [-0.05, 0) is 41.6 Å². The Labute approximate surface area is 150 Å². The first-order valence-corrected chi connectivity index (χ1v) is 8.61. The third-order valence-electron chi connectivity index (χ3n) is 4.08. The van der Waals surface area contributed by atoms with Crippen molar-refractivity contribution >= 4 is 39.8 Å². The van der Waals surface area contributed by atoms with Gasteiger partial charge in [0.2, 0.25) is 0 Å². The zero-order valence-electron chi connectivity index (χ0n) is 13.1. The van der Waals surface area contributed by atoms with Crippen molar-refractivity contribution in [1.29, 1.82) is 0 Å². The number of rotatable bonds is 5. The van der Waals surface area contributed by atoms with Crippen LogP contribution in [-0.4, -0.2) is 20.7 Å². The zero-order valence-corrected chi connectivity index (χ0v) is 14.7. The van der Waals surface area contributed by atoms with Crippen molar-refractivity contribution in [1.82, 2.24) is 4.57 Å². The van der Waals surface area contributed by atoms with Crippen LogP contribution in [0.5, 0.6) is 5.75 Å². The van der Waals surface area contributed by atoms with Gasteiger partial charge in [-0.15, -0.1) is 11.3 Å². The van der Waals surface area contributed by atoms with Gasteiger partial charge in [0, 0.05) is 17.6 Å². The van der Waals surface area contributed by atoms with Crippen LogP contribution in [-0.2, 0) is 17.8 Å². The Hall–Kier alpha value is -2.12. The average molecular weight is 386 g/mol. The first-order valence-electron chi connectivity index (χ1n) is 7.35. The molecular weight excluding hydrogens is 372 g/mol. The van der Waals surface area contributed by atoms with Gasteiger partial charge in [-0.2, -0.15) is 0 Å². The van der Waals surface area contributed by atoms with Gasteiger partial charge in [-0.25, -0.2) is 8.78 Å². The molecule has 0 aliphatic rings. The van der Waals surface area contributed by atoms with Crippen molar-refractivity contribution in [3.8, 4) is 5.75 Å². The van der Waals surface area contributed by atoms with Gasteiger partial charge in [0.15, 0.2) is 0 Å². The number of aromatic hydroxyl groups is 1. The third kappa shape index (κ3) is 3.34. The normalized spacial score (nSPS) is 11.6. The first-order chi connectivity index (χ1) is 11.8.